The average molecular weight is 385 g/mol. The molecular weight excluding hydrogens is 366 g/mol. The summed E-state index contributed by atoms with van der Waals surface area (Å²) in [5, 5.41) is 10.7. The number of carbonyl (C=O) groups is 3. The van der Waals surface area contributed by atoms with Crippen LogP contribution in [0.15, 0.2) is 54.6 Å². The van der Waals surface area contributed by atoms with Gasteiger partial charge in [0.1, 0.15) is 0 Å². The smallest absolute Gasteiger partial charge is 0.306 e. The van der Waals surface area contributed by atoms with Crippen molar-refractivity contribution in [3.8, 4) is 0 Å². The van der Waals surface area contributed by atoms with E-state index in [9.17, 15) is 24.5 Å². The molecule has 0 aliphatic carbocycles. The van der Waals surface area contributed by atoms with Gasteiger partial charge in [-0.2, -0.15) is 0 Å². The summed E-state index contributed by atoms with van der Waals surface area (Å²) in [6.07, 6.45) is 0.108. The van der Waals surface area contributed by atoms with Crippen LogP contribution in [0.25, 0.3) is 0 Å². The molecule has 2 aromatic rings. The van der Waals surface area contributed by atoms with Crippen LogP contribution in [0.1, 0.15) is 35.2 Å². The zero-order valence-corrected chi connectivity index (χ0v) is 15.1. The van der Waals surface area contributed by atoms with E-state index >= 15 is 0 Å². The summed E-state index contributed by atoms with van der Waals surface area (Å²) in [7, 11) is 0. The van der Waals surface area contributed by atoms with Gasteiger partial charge in [-0.1, -0.05) is 43.3 Å². The van der Waals surface area contributed by atoms with Gasteiger partial charge in [0, 0.05) is 17.7 Å². The Bertz CT molecular complexity index is 869. The number of carbonyl (C=O) groups excluding carboxylic acids is 3. The molecule has 0 aromatic heterocycles. The summed E-state index contributed by atoms with van der Waals surface area (Å²) >= 11 is 0. The first kappa shape index (κ1) is 20.6. The van der Waals surface area contributed by atoms with E-state index in [-0.39, 0.29) is 23.6 Å². The van der Waals surface area contributed by atoms with E-state index in [2.05, 4.69) is 10.9 Å². The van der Waals surface area contributed by atoms with Crippen molar-refractivity contribution in [1.82, 2.24) is 10.9 Å². The molecule has 0 aliphatic heterocycles. The number of nitrogens with one attached hydrogen (secondary N) is 2. The van der Waals surface area contributed by atoms with Crippen molar-refractivity contribution in [2.75, 3.05) is 6.61 Å². The van der Waals surface area contributed by atoms with Crippen LogP contribution in [0.4, 0.5) is 5.69 Å². The summed E-state index contributed by atoms with van der Waals surface area (Å²) in [6.45, 7) is 1.31. The lowest BCUT2D eigenvalue weighted by Gasteiger charge is -2.12. The van der Waals surface area contributed by atoms with Crippen molar-refractivity contribution < 1.29 is 24.0 Å². The maximum absolute atomic E-state index is 11.9. The third kappa shape index (κ3) is 6.20. The standard InChI is InChI=1S/C19H19N3O6/c1-13(14-6-3-2-4-7-14)10-18(24)28-12-17(23)20-21-19(25)15-8-5-9-16(11-15)22(26)27/h2-9,11,13H,10,12H2,1H3,(H,20,23)(H,21,25)/t13-/m0/s1. The molecule has 9 heteroatoms. The SMILES string of the molecule is C[C@@H](CC(=O)OCC(=O)NNC(=O)c1cccc([N+](=O)[O-])c1)c1ccccc1. The van der Waals surface area contributed by atoms with Crippen molar-refractivity contribution in [3.63, 3.8) is 0 Å². The van der Waals surface area contributed by atoms with Crippen LogP contribution in [0.5, 0.6) is 0 Å². The number of rotatable bonds is 7. The molecule has 0 fully saturated rings. The van der Waals surface area contributed by atoms with E-state index in [0.29, 0.717) is 0 Å². The third-order valence-electron chi connectivity index (χ3n) is 3.84. The zero-order chi connectivity index (χ0) is 20.5. The van der Waals surface area contributed by atoms with Gasteiger partial charge in [-0.3, -0.25) is 35.3 Å². The van der Waals surface area contributed by atoms with E-state index in [4.69, 9.17) is 4.74 Å². The second-order valence-corrected chi connectivity index (χ2v) is 5.99. The van der Waals surface area contributed by atoms with Gasteiger partial charge in [-0.05, 0) is 17.5 Å². The number of nitro benzene ring substituents is 1. The highest BCUT2D eigenvalue weighted by Gasteiger charge is 2.15. The molecule has 0 bridgehead atoms. The van der Waals surface area contributed by atoms with E-state index in [1.165, 1.54) is 18.2 Å². The molecule has 0 aliphatic rings. The van der Waals surface area contributed by atoms with Crippen molar-refractivity contribution >= 4 is 23.5 Å². The Morgan fingerprint density at radius 2 is 1.79 bits per heavy atom. The second kappa shape index (κ2) is 9.81. The highest BCUT2D eigenvalue weighted by Crippen LogP contribution is 2.18. The van der Waals surface area contributed by atoms with Crippen molar-refractivity contribution in [2.45, 2.75) is 19.3 Å². The Kier molecular flexibility index (Phi) is 7.21. The summed E-state index contributed by atoms with van der Waals surface area (Å²) in [5.41, 5.74) is 4.92. The number of nitro groups is 1. The first-order valence-corrected chi connectivity index (χ1v) is 8.41. The molecule has 0 heterocycles. The van der Waals surface area contributed by atoms with Gasteiger partial charge in [0.25, 0.3) is 17.5 Å². The Hall–Kier alpha value is -3.75. The minimum Gasteiger partial charge on any atom is -0.455 e. The lowest BCUT2D eigenvalue weighted by Crippen LogP contribution is -2.43. The first-order chi connectivity index (χ1) is 13.4. The molecular formula is C19H19N3O6. The second-order valence-electron chi connectivity index (χ2n) is 5.99. The van der Waals surface area contributed by atoms with Crippen LogP contribution in [-0.4, -0.2) is 29.3 Å². The van der Waals surface area contributed by atoms with Crippen molar-refractivity contribution in [3.05, 3.63) is 75.8 Å². The van der Waals surface area contributed by atoms with Gasteiger partial charge in [-0.15, -0.1) is 0 Å². The average Bonchev–Trinajstić information content (AvgIpc) is 2.71. The first-order valence-electron chi connectivity index (χ1n) is 8.41. The van der Waals surface area contributed by atoms with Gasteiger partial charge in [0.2, 0.25) is 0 Å². The zero-order valence-electron chi connectivity index (χ0n) is 15.1. The number of amides is 2. The van der Waals surface area contributed by atoms with Gasteiger partial charge in [0.15, 0.2) is 6.61 Å². The van der Waals surface area contributed by atoms with E-state index in [0.717, 1.165) is 11.6 Å². The third-order valence-corrected chi connectivity index (χ3v) is 3.84. The number of hydrogen-bond donors (Lipinski definition) is 2. The van der Waals surface area contributed by atoms with Crippen LogP contribution in [0, 0.1) is 10.1 Å². The molecule has 9 nitrogen and oxygen atoms in total. The molecule has 0 unspecified atom stereocenters. The van der Waals surface area contributed by atoms with Crippen LogP contribution in [0.2, 0.25) is 0 Å². The Morgan fingerprint density at radius 3 is 2.46 bits per heavy atom. The summed E-state index contributed by atoms with van der Waals surface area (Å²) in [5.74, 6) is -2.08. The predicted octanol–water partition coefficient (Wildman–Crippen LogP) is 2.09. The molecule has 0 saturated carbocycles. The fraction of sp³-hybridized carbons (Fsp3) is 0.211. The molecule has 2 amide bonds. The molecule has 0 spiro atoms. The maximum Gasteiger partial charge on any atom is 0.306 e. The number of non-ortho nitro benzene ring substituents is 1. The molecule has 28 heavy (non-hydrogen) atoms. The number of benzene rings is 2. The Balaban J connectivity index is 1.75. The molecule has 2 aromatic carbocycles. The minimum atomic E-state index is -0.737. The van der Waals surface area contributed by atoms with Crippen molar-refractivity contribution in [2.24, 2.45) is 0 Å². The van der Waals surface area contributed by atoms with Gasteiger partial charge in [0.05, 0.1) is 11.3 Å². The lowest BCUT2D eigenvalue weighted by atomic mass is 9.98. The molecule has 2 rings (SSSR count). The summed E-state index contributed by atoms with van der Waals surface area (Å²) in [4.78, 5) is 45.5. The van der Waals surface area contributed by atoms with Crippen LogP contribution in [0.3, 0.4) is 0 Å². The summed E-state index contributed by atoms with van der Waals surface area (Å²) < 4.78 is 4.89. The molecule has 0 saturated heterocycles. The van der Waals surface area contributed by atoms with Crippen LogP contribution >= 0.6 is 0 Å². The largest absolute Gasteiger partial charge is 0.455 e. The fourth-order valence-electron chi connectivity index (χ4n) is 2.35. The maximum atomic E-state index is 11.9. The normalized spacial score (nSPS) is 11.2. The number of nitrogens with zero attached hydrogens (tertiary/aromatic N) is 1. The van der Waals surface area contributed by atoms with Gasteiger partial charge in [-0.25, -0.2) is 0 Å². The predicted molar refractivity (Wildman–Crippen MR) is 99.1 cm³/mol. The highest BCUT2D eigenvalue weighted by molar-refractivity contribution is 5.96. The molecule has 2 N–H and O–H groups in total. The van der Waals surface area contributed by atoms with E-state index < -0.39 is 29.3 Å². The monoisotopic (exact) mass is 385 g/mol. The fourth-order valence-corrected chi connectivity index (χ4v) is 2.35. The Morgan fingerprint density at radius 1 is 1.07 bits per heavy atom. The number of hydrazine groups is 1. The minimum absolute atomic E-state index is 0.00295. The number of hydrogen-bond acceptors (Lipinski definition) is 6. The number of ether oxygens (including phenoxy) is 1. The number of esters is 1. The van der Waals surface area contributed by atoms with E-state index in [1.54, 1.807) is 0 Å². The van der Waals surface area contributed by atoms with Gasteiger partial charge >= 0.3 is 5.97 Å². The van der Waals surface area contributed by atoms with Crippen LogP contribution < -0.4 is 10.9 Å². The van der Waals surface area contributed by atoms with Crippen molar-refractivity contribution in [1.29, 1.82) is 0 Å². The Labute approximate surface area is 160 Å². The van der Waals surface area contributed by atoms with E-state index in [1.807, 2.05) is 37.3 Å². The molecule has 0 radical (unpaired) electrons. The van der Waals surface area contributed by atoms with Gasteiger partial charge < -0.3 is 4.74 Å². The van der Waals surface area contributed by atoms with Crippen LogP contribution in [-0.2, 0) is 14.3 Å². The molecule has 1 atom stereocenters. The lowest BCUT2D eigenvalue weighted by molar-refractivity contribution is -0.384. The quantitative estimate of drug-likeness (QED) is 0.427. The molecule has 146 valence electrons. The topological polar surface area (TPSA) is 128 Å². The highest BCUT2D eigenvalue weighted by atomic mass is 16.6. The summed E-state index contributed by atoms with van der Waals surface area (Å²) in [6, 6.07) is 14.4.